The molecule has 0 aliphatic rings. The van der Waals surface area contributed by atoms with E-state index in [0.717, 1.165) is 40.6 Å². The molecule has 1 aromatic heterocycles. The Balaban J connectivity index is 2.03. The van der Waals surface area contributed by atoms with Gasteiger partial charge in [0.25, 0.3) is 0 Å². The molecule has 140 valence electrons. The van der Waals surface area contributed by atoms with E-state index in [1.165, 1.54) is 5.56 Å². The molecule has 1 heterocycles. The molecule has 0 radical (unpaired) electrons. The number of alkyl halides is 3. The summed E-state index contributed by atoms with van der Waals surface area (Å²) in [5.41, 5.74) is 3.55. The summed E-state index contributed by atoms with van der Waals surface area (Å²) >= 11 is 0. The summed E-state index contributed by atoms with van der Waals surface area (Å²) in [4.78, 5) is 3.34. The first-order chi connectivity index (χ1) is 13.0. The van der Waals surface area contributed by atoms with Gasteiger partial charge in [0, 0.05) is 29.4 Å². The zero-order valence-corrected chi connectivity index (χ0v) is 15.1. The Morgan fingerprint density at radius 2 is 1.85 bits per heavy atom. The van der Waals surface area contributed by atoms with Crippen molar-refractivity contribution in [2.75, 3.05) is 0 Å². The van der Waals surface area contributed by atoms with Gasteiger partial charge in [-0.25, -0.2) is 0 Å². The third kappa shape index (κ3) is 4.00. The van der Waals surface area contributed by atoms with E-state index in [-0.39, 0.29) is 5.92 Å². The first kappa shape index (κ1) is 19.0. The van der Waals surface area contributed by atoms with Gasteiger partial charge in [-0.3, -0.25) is 0 Å². The van der Waals surface area contributed by atoms with Crippen LogP contribution in [0.25, 0.3) is 10.9 Å². The van der Waals surface area contributed by atoms with Crippen LogP contribution in [0, 0.1) is 11.3 Å². The molecule has 27 heavy (non-hydrogen) atoms. The number of nitrogens with zero attached hydrogens (tertiary/aromatic N) is 1. The van der Waals surface area contributed by atoms with E-state index in [0.29, 0.717) is 19.3 Å². The summed E-state index contributed by atoms with van der Waals surface area (Å²) < 4.78 is 38.7. The topological polar surface area (TPSA) is 39.6 Å². The second kappa shape index (κ2) is 7.87. The number of fused-ring (bicyclic) bond motifs is 1. The van der Waals surface area contributed by atoms with Crippen molar-refractivity contribution < 1.29 is 13.2 Å². The van der Waals surface area contributed by atoms with Crippen molar-refractivity contribution in [2.45, 2.75) is 44.7 Å². The first-order valence-corrected chi connectivity index (χ1v) is 9.08. The largest absolute Gasteiger partial charge is 0.416 e. The number of hydrogen-bond acceptors (Lipinski definition) is 1. The van der Waals surface area contributed by atoms with Crippen molar-refractivity contribution in [3.63, 3.8) is 0 Å². The molecule has 0 aliphatic heterocycles. The fourth-order valence-electron chi connectivity index (χ4n) is 3.61. The number of halogens is 3. The molecule has 0 aliphatic carbocycles. The number of benzene rings is 2. The highest BCUT2D eigenvalue weighted by Crippen LogP contribution is 2.37. The maximum absolute atomic E-state index is 12.9. The van der Waals surface area contributed by atoms with Gasteiger partial charge in [-0.05, 0) is 48.1 Å². The number of aromatic amines is 1. The summed E-state index contributed by atoms with van der Waals surface area (Å²) in [7, 11) is 0. The normalized spacial score (nSPS) is 12.9. The predicted molar refractivity (Wildman–Crippen MR) is 100 cm³/mol. The van der Waals surface area contributed by atoms with E-state index in [1.54, 1.807) is 12.1 Å². The number of aryl methyl sites for hydroxylation is 1. The van der Waals surface area contributed by atoms with Crippen LogP contribution in [-0.2, 0) is 12.6 Å². The van der Waals surface area contributed by atoms with Crippen LogP contribution in [0.15, 0.2) is 48.7 Å². The maximum Gasteiger partial charge on any atom is 0.416 e. The molecule has 0 amide bonds. The molecule has 2 nitrogen and oxygen atoms in total. The van der Waals surface area contributed by atoms with Gasteiger partial charge in [0.2, 0.25) is 0 Å². The zero-order valence-electron chi connectivity index (χ0n) is 15.1. The van der Waals surface area contributed by atoms with Crippen LogP contribution in [0.2, 0.25) is 0 Å². The number of aromatic nitrogens is 1. The molecule has 1 N–H and O–H groups in total. The van der Waals surface area contributed by atoms with Crippen molar-refractivity contribution in [1.29, 1.82) is 5.26 Å². The van der Waals surface area contributed by atoms with Crippen LogP contribution >= 0.6 is 0 Å². The monoisotopic (exact) mass is 370 g/mol. The summed E-state index contributed by atoms with van der Waals surface area (Å²) in [5, 5.41) is 9.96. The minimum atomic E-state index is -4.34. The van der Waals surface area contributed by atoms with Gasteiger partial charge in [0.1, 0.15) is 0 Å². The smallest absolute Gasteiger partial charge is 0.361 e. The standard InChI is InChI=1S/C22H21F3N2/c1-2-15-6-5-8-19-20(14-27-21(15)19)18(7-3-4-13-26)16-9-11-17(12-10-16)22(23,24)25/h5-6,8-12,14,18,27H,2-4,7H2,1H3. The Hall–Kier alpha value is -2.74. The second-order valence-electron chi connectivity index (χ2n) is 6.66. The molecule has 1 atom stereocenters. The minimum absolute atomic E-state index is 0.0542. The second-order valence-corrected chi connectivity index (χ2v) is 6.66. The van der Waals surface area contributed by atoms with Crippen molar-refractivity contribution >= 4 is 10.9 Å². The lowest BCUT2D eigenvalue weighted by atomic mass is 9.86. The number of rotatable bonds is 6. The van der Waals surface area contributed by atoms with Crippen LogP contribution in [0.4, 0.5) is 13.2 Å². The molecule has 0 saturated heterocycles. The summed E-state index contributed by atoms with van der Waals surface area (Å²) in [6.45, 7) is 2.09. The minimum Gasteiger partial charge on any atom is -0.361 e. The predicted octanol–water partition coefficient (Wildman–Crippen LogP) is 6.57. The third-order valence-corrected chi connectivity index (χ3v) is 5.01. The fourth-order valence-corrected chi connectivity index (χ4v) is 3.61. The molecular weight excluding hydrogens is 349 g/mol. The van der Waals surface area contributed by atoms with Gasteiger partial charge < -0.3 is 4.98 Å². The summed E-state index contributed by atoms with van der Waals surface area (Å²) in [6.07, 6.45) is 0.352. The fraction of sp³-hybridized carbons (Fsp3) is 0.318. The highest BCUT2D eigenvalue weighted by molar-refractivity contribution is 5.87. The van der Waals surface area contributed by atoms with Gasteiger partial charge in [-0.2, -0.15) is 18.4 Å². The Kier molecular flexibility index (Phi) is 5.55. The van der Waals surface area contributed by atoms with E-state index in [1.807, 2.05) is 18.3 Å². The third-order valence-electron chi connectivity index (χ3n) is 5.01. The summed E-state index contributed by atoms with van der Waals surface area (Å²) in [5.74, 6) is -0.0542. The Bertz CT molecular complexity index is 946. The summed E-state index contributed by atoms with van der Waals surface area (Å²) in [6, 6.07) is 13.7. The van der Waals surface area contributed by atoms with Gasteiger partial charge in [0.05, 0.1) is 11.6 Å². The number of nitriles is 1. The van der Waals surface area contributed by atoms with Crippen LogP contribution in [0.3, 0.4) is 0 Å². The lowest BCUT2D eigenvalue weighted by molar-refractivity contribution is -0.137. The first-order valence-electron chi connectivity index (χ1n) is 9.08. The van der Waals surface area contributed by atoms with E-state index >= 15 is 0 Å². The van der Waals surface area contributed by atoms with Gasteiger partial charge in [-0.15, -0.1) is 0 Å². The van der Waals surface area contributed by atoms with Crippen LogP contribution in [-0.4, -0.2) is 4.98 Å². The van der Waals surface area contributed by atoms with Gasteiger partial charge in [-0.1, -0.05) is 37.3 Å². The Morgan fingerprint density at radius 3 is 2.48 bits per heavy atom. The van der Waals surface area contributed by atoms with Crippen molar-refractivity contribution in [3.8, 4) is 6.07 Å². The average molecular weight is 370 g/mol. The van der Waals surface area contributed by atoms with E-state index < -0.39 is 11.7 Å². The molecule has 0 spiro atoms. The number of unbranched alkanes of at least 4 members (excludes halogenated alkanes) is 1. The molecule has 3 rings (SSSR count). The van der Waals surface area contributed by atoms with Crippen molar-refractivity contribution in [1.82, 2.24) is 4.98 Å². The van der Waals surface area contributed by atoms with E-state index in [2.05, 4.69) is 24.0 Å². The molecule has 0 fully saturated rings. The highest BCUT2D eigenvalue weighted by Gasteiger charge is 2.30. The van der Waals surface area contributed by atoms with Gasteiger partial charge >= 0.3 is 6.18 Å². The lowest BCUT2D eigenvalue weighted by Crippen LogP contribution is -2.06. The van der Waals surface area contributed by atoms with Crippen molar-refractivity contribution in [2.24, 2.45) is 0 Å². The molecule has 2 aromatic carbocycles. The highest BCUT2D eigenvalue weighted by atomic mass is 19.4. The van der Waals surface area contributed by atoms with Gasteiger partial charge in [0.15, 0.2) is 0 Å². The molecule has 0 bridgehead atoms. The molecule has 5 heteroatoms. The number of nitrogens with one attached hydrogen (secondary N) is 1. The lowest BCUT2D eigenvalue weighted by Gasteiger charge is -2.18. The molecular formula is C22H21F3N2. The molecule has 1 unspecified atom stereocenters. The van der Waals surface area contributed by atoms with Crippen LogP contribution in [0.1, 0.15) is 54.4 Å². The number of hydrogen-bond donors (Lipinski definition) is 1. The van der Waals surface area contributed by atoms with Crippen LogP contribution in [0.5, 0.6) is 0 Å². The van der Waals surface area contributed by atoms with E-state index in [9.17, 15) is 13.2 Å². The molecule has 0 saturated carbocycles. The maximum atomic E-state index is 12.9. The SMILES string of the molecule is CCc1cccc2c(C(CCCC#N)c3ccc(C(F)(F)F)cc3)c[nH]c12. The van der Waals surface area contributed by atoms with Crippen molar-refractivity contribution in [3.05, 3.63) is 70.9 Å². The quantitative estimate of drug-likeness (QED) is 0.489. The van der Waals surface area contributed by atoms with Crippen LogP contribution < -0.4 is 0 Å². The Labute approximate surface area is 156 Å². The molecule has 3 aromatic rings. The average Bonchev–Trinajstić information content (AvgIpc) is 3.09. The Morgan fingerprint density at radius 1 is 1.11 bits per heavy atom. The zero-order chi connectivity index (χ0) is 19.4. The number of para-hydroxylation sites is 1. The number of H-pyrrole nitrogens is 1. The van der Waals surface area contributed by atoms with E-state index in [4.69, 9.17) is 5.26 Å².